The molecule has 0 amide bonds. The molecule has 0 radical (unpaired) electrons. The summed E-state index contributed by atoms with van der Waals surface area (Å²) in [6, 6.07) is 17.1. The van der Waals surface area contributed by atoms with Crippen LogP contribution in [0.4, 0.5) is 0 Å². The van der Waals surface area contributed by atoms with E-state index >= 15 is 0 Å². The Kier molecular flexibility index (Phi) is 5.94. The highest BCUT2D eigenvalue weighted by Gasteiger charge is 2.42. The molecule has 0 saturated heterocycles. The highest BCUT2D eigenvalue weighted by molar-refractivity contribution is 5.70. The van der Waals surface area contributed by atoms with Gasteiger partial charge in [-0.1, -0.05) is 53.7 Å². The molecule has 45 heavy (non-hydrogen) atoms. The molecule has 10 rings (SSSR count). The van der Waals surface area contributed by atoms with Crippen LogP contribution in [0.3, 0.4) is 0 Å². The number of aliphatic hydroxyl groups is 2. The summed E-state index contributed by atoms with van der Waals surface area (Å²) in [6.45, 7) is 0.791. The van der Waals surface area contributed by atoms with E-state index in [-0.39, 0.29) is 23.9 Å². The summed E-state index contributed by atoms with van der Waals surface area (Å²) in [5, 5.41) is 34.3. The molecule has 226 valence electrons. The van der Waals surface area contributed by atoms with Gasteiger partial charge in [0.05, 0.1) is 66.1 Å². The van der Waals surface area contributed by atoms with Crippen molar-refractivity contribution in [3.8, 4) is 22.5 Å². The van der Waals surface area contributed by atoms with Crippen molar-refractivity contribution in [2.45, 2.75) is 50.1 Å². The molecule has 0 fully saturated rings. The van der Waals surface area contributed by atoms with Crippen molar-refractivity contribution in [2.24, 2.45) is 18.9 Å². The predicted octanol–water partition coefficient (Wildman–Crippen LogP) is 4.28. The van der Waals surface area contributed by atoms with E-state index in [9.17, 15) is 10.2 Å². The van der Waals surface area contributed by atoms with Crippen LogP contribution >= 0.6 is 0 Å². The van der Waals surface area contributed by atoms with Crippen LogP contribution in [0.1, 0.15) is 65.2 Å². The van der Waals surface area contributed by atoms with E-state index in [2.05, 4.69) is 83.0 Å². The number of hydrogen-bond donors (Lipinski definition) is 2. The molecule has 3 aliphatic heterocycles. The fraction of sp³-hybridized carbons (Fsp3) is 0.324. The van der Waals surface area contributed by atoms with E-state index in [4.69, 9.17) is 0 Å². The number of aliphatic hydroxyl groups excluding tert-OH is 2. The number of hydrogen-bond acceptors (Lipinski definition) is 7. The molecule has 1 aliphatic carbocycles. The molecule has 11 nitrogen and oxygen atoms in total. The van der Waals surface area contributed by atoms with Crippen LogP contribution in [0.2, 0.25) is 0 Å². The molecule has 11 heteroatoms. The second-order valence-electron chi connectivity index (χ2n) is 12.6. The molecular formula is C34H33N9O2. The van der Waals surface area contributed by atoms with Crippen LogP contribution < -0.4 is 0 Å². The molecule has 7 heterocycles. The average Bonchev–Trinajstić information content (AvgIpc) is 3.89. The van der Waals surface area contributed by atoms with Gasteiger partial charge >= 0.3 is 0 Å². The van der Waals surface area contributed by atoms with Crippen molar-refractivity contribution in [1.29, 1.82) is 0 Å². The van der Waals surface area contributed by atoms with Crippen LogP contribution in [-0.4, -0.2) is 54.1 Å². The van der Waals surface area contributed by atoms with E-state index in [1.54, 1.807) is 10.9 Å². The smallest absolute Gasteiger partial charge is 0.103 e. The van der Waals surface area contributed by atoms with Crippen molar-refractivity contribution < 1.29 is 10.2 Å². The Morgan fingerprint density at radius 3 is 2.04 bits per heavy atom. The van der Waals surface area contributed by atoms with Crippen molar-refractivity contribution in [2.75, 3.05) is 0 Å². The molecule has 2 N–H and O–H groups in total. The number of fused-ring (bicyclic) bond motifs is 8. The Balaban J connectivity index is 0.000000125. The third-order valence-electron chi connectivity index (χ3n) is 10.3. The summed E-state index contributed by atoms with van der Waals surface area (Å²) in [7, 11) is 1.92. The van der Waals surface area contributed by atoms with Gasteiger partial charge in [0.25, 0.3) is 0 Å². The molecule has 6 unspecified atom stereocenters. The van der Waals surface area contributed by atoms with Gasteiger partial charge in [0.15, 0.2) is 0 Å². The SMILES string of the molecule is Cn1cc2c(n1)C(O)C(C1c3ccccc3-c3cncn31)CC2.OC1c2cnnn2CCC1C1c2ccccc2-c2cncn21. The van der Waals surface area contributed by atoms with Crippen molar-refractivity contribution in [1.82, 2.24) is 43.9 Å². The standard InChI is InChI=1S/C18H18N4O.C16H15N5O/c1-21-9-11-6-7-14(18(23)16(11)20-21)17-13-5-3-2-4-12(13)15-8-19-10-22(15)17;22-16-12(5-6-21-14(16)8-18-19-21)15-11-4-2-1-3-10(11)13-7-17-9-20(13)15/h2-5,8-10,14,17-18,23H,6-7H2,1H3;1-4,7-9,12,15-16,22H,5-6H2. The fourth-order valence-corrected chi connectivity index (χ4v) is 8.28. The Labute approximate surface area is 259 Å². The van der Waals surface area contributed by atoms with E-state index < -0.39 is 12.2 Å². The minimum absolute atomic E-state index is 0.0996. The second-order valence-corrected chi connectivity index (χ2v) is 12.6. The van der Waals surface area contributed by atoms with Crippen molar-refractivity contribution in [3.63, 3.8) is 0 Å². The third-order valence-corrected chi connectivity index (χ3v) is 10.3. The number of nitrogens with zero attached hydrogens (tertiary/aromatic N) is 9. The average molecular weight is 600 g/mol. The van der Waals surface area contributed by atoms with Gasteiger partial charge in [-0.3, -0.25) is 4.68 Å². The normalized spacial score (nSPS) is 25.3. The van der Waals surface area contributed by atoms with Crippen molar-refractivity contribution in [3.05, 3.63) is 114 Å². The zero-order chi connectivity index (χ0) is 30.2. The minimum atomic E-state index is -0.560. The van der Waals surface area contributed by atoms with Gasteiger partial charge in [-0.2, -0.15) is 5.10 Å². The topological polar surface area (TPSA) is 125 Å². The van der Waals surface area contributed by atoms with Crippen LogP contribution in [-0.2, 0) is 20.0 Å². The van der Waals surface area contributed by atoms with Crippen LogP contribution in [0.5, 0.6) is 0 Å². The van der Waals surface area contributed by atoms with Crippen LogP contribution in [0.15, 0.2) is 86.0 Å². The van der Waals surface area contributed by atoms with E-state index in [1.807, 2.05) is 43.0 Å². The Morgan fingerprint density at radius 2 is 1.38 bits per heavy atom. The lowest BCUT2D eigenvalue weighted by Gasteiger charge is -2.33. The zero-order valence-electron chi connectivity index (χ0n) is 24.8. The summed E-state index contributed by atoms with van der Waals surface area (Å²) in [6.07, 6.45) is 13.0. The van der Waals surface area contributed by atoms with Crippen molar-refractivity contribution >= 4 is 0 Å². The molecule has 0 saturated carbocycles. The van der Waals surface area contributed by atoms with Gasteiger partial charge in [-0.15, -0.1) is 5.10 Å². The lowest BCUT2D eigenvalue weighted by Crippen LogP contribution is -2.31. The van der Waals surface area contributed by atoms with Crippen LogP contribution in [0, 0.1) is 11.8 Å². The summed E-state index contributed by atoms with van der Waals surface area (Å²) >= 11 is 0. The number of imidazole rings is 2. The number of aromatic nitrogens is 9. The van der Waals surface area contributed by atoms with Gasteiger partial charge in [-0.25, -0.2) is 14.6 Å². The van der Waals surface area contributed by atoms with E-state index in [0.717, 1.165) is 48.6 Å². The van der Waals surface area contributed by atoms with Gasteiger partial charge in [0.2, 0.25) is 0 Å². The van der Waals surface area contributed by atoms with E-state index in [0.29, 0.717) is 0 Å². The number of aryl methyl sites for hydroxylation is 3. The third kappa shape index (κ3) is 3.93. The first-order chi connectivity index (χ1) is 22.1. The lowest BCUT2D eigenvalue weighted by atomic mass is 9.78. The highest BCUT2D eigenvalue weighted by Crippen LogP contribution is 2.50. The minimum Gasteiger partial charge on any atom is -0.386 e. The summed E-state index contributed by atoms with van der Waals surface area (Å²) < 4.78 is 8.02. The zero-order valence-corrected chi connectivity index (χ0v) is 24.8. The molecule has 4 aliphatic rings. The fourth-order valence-electron chi connectivity index (χ4n) is 8.28. The first-order valence-electron chi connectivity index (χ1n) is 15.6. The van der Waals surface area contributed by atoms with Crippen LogP contribution in [0.25, 0.3) is 22.5 Å². The largest absolute Gasteiger partial charge is 0.386 e. The Morgan fingerprint density at radius 1 is 0.756 bits per heavy atom. The van der Waals surface area contributed by atoms with Gasteiger partial charge in [0.1, 0.15) is 12.2 Å². The van der Waals surface area contributed by atoms with Gasteiger partial charge in [0, 0.05) is 42.8 Å². The Hall–Kier alpha value is -4.87. The quantitative estimate of drug-likeness (QED) is 0.304. The maximum Gasteiger partial charge on any atom is 0.103 e. The maximum absolute atomic E-state index is 11.0. The Bertz CT molecular complexity index is 2040. The molecule has 6 atom stereocenters. The molecule has 4 aromatic heterocycles. The molecule has 6 aromatic rings. The first-order valence-corrected chi connectivity index (χ1v) is 15.6. The summed E-state index contributed by atoms with van der Waals surface area (Å²) in [4.78, 5) is 8.62. The second kappa shape index (κ2) is 10.1. The molecular weight excluding hydrogens is 566 g/mol. The lowest BCUT2D eigenvalue weighted by molar-refractivity contribution is 0.0524. The number of benzene rings is 2. The molecule has 2 aromatic carbocycles. The van der Waals surface area contributed by atoms with E-state index in [1.165, 1.54) is 27.8 Å². The van der Waals surface area contributed by atoms with Gasteiger partial charge < -0.3 is 19.3 Å². The monoisotopic (exact) mass is 599 g/mol. The molecule has 0 spiro atoms. The number of rotatable bonds is 2. The first kappa shape index (κ1) is 26.5. The summed E-state index contributed by atoms with van der Waals surface area (Å²) in [5.41, 5.74) is 10.1. The van der Waals surface area contributed by atoms with Gasteiger partial charge in [-0.05, 0) is 36.0 Å². The molecule has 0 bridgehead atoms. The maximum atomic E-state index is 11.0. The predicted molar refractivity (Wildman–Crippen MR) is 165 cm³/mol. The summed E-state index contributed by atoms with van der Waals surface area (Å²) in [5.74, 6) is 0.219. The highest BCUT2D eigenvalue weighted by atomic mass is 16.3.